The van der Waals surface area contributed by atoms with E-state index in [9.17, 15) is 0 Å². The number of nitrogens with zero attached hydrogens (tertiary/aromatic N) is 3. The summed E-state index contributed by atoms with van der Waals surface area (Å²) < 4.78 is 7.47. The van der Waals surface area contributed by atoms with E-state index in [1.54, 1.807) is 0 Å². The molecule has 0 bridgehead atoms. The minimum Gasteiger partial charge on any atom is -0.381 e. The predicted octanol–water partition coefficient (Wildman–Crippen LogP) is 3.39. The van der Waals surface area contributed by atoms with Crippen LogP contribution in [-0.4, -0.2) is 34.4 Å². The van der Waals surface area contributed by atoms with E-state index in [1.807, 2.05) is 17.5 Å². The molecular formula is C17H26N4O. The molecule has 1 aliphatic heterocycles. The first-order valence-corrected chi connectivity index (χ1v) is 8.32. The molecule has 2 aromatic heterocycles. The normalized spacial score (nSPS) is 19.0. The predicted molar refractivity (Wildman–Crippen MR) is 88.5 cm³/mol. The van der Waals surface area contributed by atoms with Crippen LogP contribution in [0.5, 0.6) is 0 Å². The Kier molecular flexibility index (Phi) is 4.62. The first kappa shape index (κ1) is 15.3. The Bertz CT molecular complexity index is 629. The number of hydrogen-bond acceptors (Lipinski definition) is 4. The number of aryl methyl sites for hydroxylation is 1. The molecule has 0 spiro atoms. The summed E-state index contributed by atoms with van der Waals surface area (Å²) >= 11 is 0. The van der Waals surface area contributed by atoms with Gasteiger partial charge in [-0.15, -0.1) is 0 Å². The quantitative estimate of drug-likeness (QED) is 0.920. The molecule has 1 aliphatic rings. The lowest BCUT2D eigenvalue weighted by atomic mass is 9.99. The number of fused-ring (bicyclic) bond motifs is 1. The van der Waals surface area contributed by atoms with Gasteiger partial charge in [0.1, 0.15) is 5.82 Å². The third-order valence-electron chi connectivity index (χ3n) is 4.27. The maximum absolute atomic E-state index is 5.55. The van der Waals surface area contributed by atoms with Crippen LogP contribution in [0.4, 0.5) is 5.82 Å². The van der Waals surface area contributed by atoms with Crippen molar-refractivity contribution < 1.29 is 4.74 Å². The molecule has 0 saturated carbocycles. The number of rotatable bonds is 5. The summed E-state index contributed by atoms with van der Waals surface area (Å²) in [7, 11) is 0. The van der Waals surface area contributed by atoms with Gasteiger partial charge < -0.3 is 10.1 Å². The van der Waals surface area contributed by atoms with Gasteiger partial charge in [0.15, 0.2) is 5.65 Å². The van der Waals surface area contributed by atoms with Crippen molar-refractivity contribution >= 4 is 11.5 Å². The highest BCUT2D eigenvalue weighted by Gasteiger charge is 2.14. The van der Waals surface area contributed by atoms with Crippen LogP contribution < -0.4 is 5.32 Å². The number of ether oxygens (including phenoxy) is 1. The summed E-state index contributed by atoms with van der Waals surface area (Å²) in [6, 6.07) is 4.16. The van der Waals surface area contributed by atoms with E-state index in [1.165, 1.54) is 12.8 Å². The lowest BCUT2D eigenvalue weighted by molar-refractivity contribution is 0.0530. The van der Waals surface area contributed by atoms with Crippen LogP contribution in [0, 0.1) is 12.8 Å². The molecule has 1 fully saturated rings. The van der Waals surface area contributed by atoms with Crippen LogP contribution in [-0.2, 0) is 4.74 Å². The molecule has 120 valence electrons. The Morgan fingerprint density at radius 2 is 2.27 bits per heavy atom. The smallest absolute Gasteiger partial charge is 0.157 e. The molecule has 0 amide bonds. The van der Waals surface area contributed by atoms with Gasteiger partial charge in [-0.25, -0.2) is 4.98 Å². The first-order valence-electron chi connectivity index (χ1n) is 8.32. The summed E-state index contributed by atoms with van der Waals surface area (Å²) in [5, 5.41) is 8.09. The first-order chi connectivity index (χ1) is 10.6. The summed E-state index contributed by atoms with van der Waals surface area (Å²) in [4.78, 5) is 4.69. The van der Waals surface area contributed by atoms with Crippen molar-refractivity contribution in [1.29, 1.82) is 0 Å². The van der Waals surface area contributed by atoms with Gasteiger partial charge in [-0.1, -0.05) is 13.8 Å². The van der Waals surface area contributed by atoms with Crippen LogP contribution >= 0.6 is 0 Å². The average molecular weight is 302 g/mol. The fraction of sp³-hybridized carbons (Fsp3) is 0.647. The van der Waals surface area contributed by atoms with Gasteiger partial charge in [0, 0.05) is 37.6 Å². The molecule has 0 aromatic carbocycles. The van der Waals surface area contributed by atoms with E-state index in [0.29, 0.717) is 11.8 Å². The van der Waals surface area contributed by atoms with Crippen molar-refractivity contribution in [2.75, 3.05) is 25.1 Å². The lowest BCUT2D eigenvalue weighted by Gasteiger charge is -2.22. The van der Waals surface area contributed by atoms with Crippen LogP contribution in [0.2, 0.25) is 0 Å². The number of nitrogens with one attached hydrogen (secondary N) is 1. The zero-order valence-electron chi connectivity index (χ0n) is 13.8. The van der Waals surface area contributed by atoms with Gasteiger partial charge in [0.25, 0.3) is 0 Å². The van der Waals surface area contributed by atoms with E-state index in [4.69, 9.17) is 9.72 Å². The fourth-order valence-corrected chi connectivity index (χ4v) is 2.97. The fourth-order valence-electron chi connectivity index (χ4n) is 2.97. The Labute approximate surface area is 132 Å². The van der Waals surface area contributed by atoms with Gasteiger partial charge in [-0.05, 0) is 38.0 Å². The third-order valence-corrected chi connectivity index (χ3v) is 4.27. The monoisotopic (exact) mass is 302 g/mol. The minimum absolute atomic E-state index is 0.410. The molecule has 3 heterocycles. The lowest BCUT2D eigenvalue weighted by Crippen LogP contribution is -2.20. The van der Waals surface area contributed by atoms with Crippen molar-refractivity contribution in [3.8, 4) is 0 Å². The summed E-state index contributed by atoms with van der Waals surface area (Å²) in [5.74, 6) is 2.13. The van der Waals surface area contributed by atoms with Crippen molar-refractivity contribution in [2.45, 2.75) is 46.0 Å². The molecule has 5 nitrogen and oxygen atoms in total. The zero-order chi connectivity index (χ0) is 15.5. The van der Waals surface area contributed by atoms with Crippen molar-refractivity contribution in [1.82, 2.24) is 14.6 Å². The van der Waals surface area contributed by atoms with E-state index in [0.717, 1.165) is 49.0 Å². The second kappa shape index (κ2) is 6.65. The van der Waals surface area contributed by atoms with Crippen LogP contribution in [0.15, 0.2) is 12.1 Å². The summed E-state index contributed by atoms with van der Waals surface area (Å²) in [6.45, 7) is 9.14. The summed E-state index contributed by atoms with van der Waals surface area (Å²) in [6.07, 6.45) is 3.62. The highest BCUT2D eigenvalue weighted by atomic mass is 16.5. The van der Waals surface area contributed by atoms with Gasteiger partial charge in [-0.3, -0.25) is 0 Å². The van der Waals surface area contributed by atoms with Gasteiger partial charge in [0.05, 0.1) is 5.69 Å². The molecule has 3 rings (SSSR count). The van der Waals surface area contributed by atoms with Gasteiger partial charge in [-0.2, -0.15) is 9.61 Å². The SMILES string of the molecule is Cc1cc2nc(C(C)C)cc(NCC[C@@H]3CCCOC3)n2n1. The standard InChI is InChI=1S/C17H26N4O/c1-12(2)15-10-16(21-17(19-15)9-13(3)20-21)18-7-6-14-5-4-8-22-11-14/h9-10,12,14,18H,4-8,11H2,1-3H3/t14-/m0/s1. The Morgan fingerprint density at radius 1 is 1.41 bits per heavy atom. The number of aromatic nitrogens is 3. The molecule has 1 saturated heterocycles. The maximum atomic E-state index is 5.55. The second-order valence-corrected chi connectivity index (χ2v) is 6.58. The van der Waals surface area contributed by atoms with Gasteiger partial charge in [0.2, 0.25) is 0 Å². The summed E-state index contributed by atoms with van der Waals surface area (Å²) in [5.41, 5.74) is 3.03. The topological polar surface area (TPSA) is 51.5 Å². The van der Waals surface area contributed by atoms with Crippen LogP contribution in [0.1, 0.15) is 50.4 Å². The Hall–Kier alpha value is -1.62. The highest BCUT2D eigenvalue weighted by molar-refractivity contribution is 5.50. The molecule has 0 unspecified atom stereocenters. The van der Waals surface area contributed by atoms with Crippen molar-refractivity contribution in [3.63, 3.8) is 0 Å². The van der Waals surface area contributed by atoms with Crippen molar-refractivity contribution in [3.05, 3.63) is 23.5 Å². The largest absolute Gasteiger partial charge is 0.381 e. The van der Waals surface area contributed by atoms with E-state index in [2.05, 4.69) is 30.3 Å². The Balaban J connectivity index is 1.73. The number of hydrogen-bond donors (Lipinski definition) is 1. The highest BCUT2D eigenvalue weighted by Crippen LogP contribution is 2.21. The molecule has 1 atom stereocenters. The van der Waals surface area contributed by atoms with E-state index in [-0.39, 0.29) is 0 Å². The molecule has 0 aliphatic carbocycles. The minimum atomic E-state index is 0.410. The number of anilines is 1. The molecule has 22 heavy (non-hydrogen) atoms. The third kappa shape index (κ3) is 3.40. The Morgan fingerprint density at radius 3 is 3.00 bits per heavy atom. The maximum Gasteiger partial charge on any atom is 0.157 e. The molecular weight excluding hydrogens is 276 g/mol. The van der Waals surface area contributed by atoms with E-state index < -0.39 is 0 Å². The van der Waals surface area contributed by atoms with E-state index >= 15 is 0 Å². The molecule has 2 aromatic rings. The molecule has 5 heteroatoms. The van der Waals surface area contributed by atoms with Crippen LogP contribution in [0.3, 0.4) is 0 Å². The second-order valence-electron chi connectivity index (χ2n) is 6.58. The van der Waals surface area contributed by atoms with Gasteiger partial charge >= 0.3 is 0 Å². The van der Waals surface area contributed by atoms with Crippen molar-refractivity contribution in [2.24, 2.45) is 5.92 Å². The average Bonchev–Trinajstić information content (AvgIpc) is 2.88. The molecule has 1 N–H and O–H groups in total. The van der Waals surface area contributed by atoms with Crippen LogP contribution in [0.25, 0.3) is 5.65 Å². The molecule has 0 radical (unpaired) electrons. The zero-order valence-corrected chi connectivity index (χ0v) is 13.8.